The van der Waals surface area contributed by atoms with Gasteiger partial charge in [-0.2, -0.15) is 26.9 Å². The fourth-order valence-corrected chi connectivity index (χ4v) is 2.16. The fourth-order valence-electron chi connectivity index (χ4n) is 1.45. The Labute approximate surface area is 115 Å². The zero-order valence-corrected chi connectivity index (χ0v) is 10.9. The van der Waals surface area contributed by atoms with Crippen LogP contribution < -0.4 is 4.18 Å². The molecule has 0 radical (unpaired) electrons. The molecule has 20 heavy (non-hydrogen) atoms. The number of fused-ring (bicyclic) bond motifs is 1. The third kappa shape index (κ3) is 2.39. The summed E-state index contributed by atoms with van der Waals surface area (Å²) in [5.74, 6) is -0.701. The number of rotatable bonds is 2. The van der Waals surface area contributed by atoms with Crippen LogP contribution in [0.4, 0.5) is 13.2 Å². The molecule has 1 N–H and O–H groups in total. The minimum atomic E-state index is -5.82. The van der Waals surface area contributed by atoms with E-state index in [9.17, 15) is 21.6 Å². The Hall–Kier alpha value is -1.92. The standard InChI is InChI=1S/C10H4ClF3N2O3S/c11-7-2-8-6(5(3-15)4-16-8)1-9(7)19-20(17,18)10(12,13)14/h1-2,4,16H. The largest absolute Gasteiger partial charge is 0.534 e. The van der Waals surface area contributed by atoms with Gasteiger partial charge in [-0.05, 0) is 12.1 Å². The smallest absolute Gasteiger partial charge is 0.374 e. The number of H-pyrrole nitrogens is 1. The highest BCUT2D eigenvalue weighted by Crippen LogP contribution is 2.35. The Morgan fingerprint density at radius 1 is 1.35 bits per heavy atom. The molecule has 0 fully saturated rings. The lowest BCUT2D eigenvalue weighted by molar-refractivity contribution is -0.0499. The van der Waals surface area contributed by atoms with Gasteiger partial charge in [0, 0.05) is 17.1 Å². The van der Waals surface area contributed by atoms with Crippen molar-refractivity contribution in [3.8, 4) is 11.8 Å². The fraction of sp³-hybridized carbons (Fsp3) is 0.100. The maximum Gasteiger partial charge on any atom is 0.534 e. The molecule has 1 aromatic heterocycles. The number of nitrogens with zero attached hydrogens (tertiary/aromatic N) is 1. The lowest BCUT2D eigenvalue weighted by atomic mass is 10.2. The van der Waals surface area contributed by atoms with Gasteiger partial charge in [-0.25, -0.2) is 0 Å². The number of hydrogen-bond donors (Lipinski definition) is 1. The second-order valence-electron chi connectivity index (χ2n) is 3.63. The summed E-state index contributed by atoms with van der Waals surface area (Å²) in [4.78, 5) is 2.67. The second-order valence-corrected chi connectivity index (χ2v) is 5.57. The first kappa shape index (κ1) is 14.5. The van der Waals surface area contributed by atoms with E-state index in [2.05, 4.69) is 9.17 Å². The molecule has 0 aliphatic rings. The summed E-state index contributed by atoms with van der Waals surface area (Å²) in [5.41, 5.74) is -5.09. The number of hydrogen-bond acceptors (Lipinski definition) is 4. The first-order valence-corrected chi connectivity index (χ1v) is 6.66. The minimum Gasteiger partial charge on any atom is -0.374 e. The zero-order chi connectivity index (χ0) is 15.1. The van der Waals surface area contributed by atoms with Crippen LogP contribution in [0.1, 0.15) is 5.56 Å². The van der Waals surface area contributed by atoms with Crippen molar-refractivity contribution in [2.75, 3.05) is 0 Å². The van der Waals surface area contributed by atoms with E-state index in [1.54, 1.807) is 6.07 Å². The van der Waals surface area contributed by atoms with Gasteiger partial charge in [0.25, 0.3) is 0 Å². The van der Waals surface area contributed by atoms with Gasteiger partial charge in [0.05, 0.1) is 10.6 Å². The van der Waals surface area contributed by atoms with E-state index >= 15 is 0 Å². The topological polar surface area (TPSA) is 82.9 Å². The van der Waals surface area contributed by atoms with Crippen LogP contribution in [0.3, 0.4) is 0 Å². The number of aromatic nitrogens is 1. The van der Waals surface area contributed by atoms with Gasteiger partial charge < -0.3 is 9.17 Å². The molecule has 2 rings (SSSR count). The summed E-state index contributed by atoms with van der Waals surface area (Å²) in [5, 5.41) is 8.67. The number of alkyl halides is 3. The van der Waals surface area contributed by atoms with E-state index in [-0.39, 0.29) is 16.0 Å². The molecule has 0 atom stereocenters. The van der Waals surface area contributed by atoms with Crippen LogP contribution in [0.15, 0.2) is 18.3 Å². The average Bonchev–Trinajstić information content (AvgIpc) is 2.69. The van der Waals surface area contributed by atoms with Gasteiger partial charge in [0.1, 0.15) is 6.07 Å². The molecule has 10 heteroatoms. The number of nitriles is 1. The Bertz CT molecular complexity index is 821. The summed E-state index contributed by atoms with van der Waals surface area (Å²) in [7, 11) is -5.82. The zero-order valence-electron chi connectivity index (χ0n) is 9.32. The molecule has 0 spiro atoms. The summed E-state index contributed by atoms with van der Waals surface area (Å²) >= 11 is 5.65. The van der Waals surface area contributed by atoms with Crippen molar-refractivity contribution in [1.29, 1.82) is 5.26 Å². The maximum atomic E-state index is 12.2. The highest BCUT2D eigenvalue weighted by atomic mass is 35.5. The van der Waals surface area contributed by atoms with Gasteiger partial charge in [0.2, 0.25) is 0 Å². The van der Waals surface area contributed by atoms with Crippen LogP contribution in [0.5, 0.6) is 5.75 Å². The van der Waals surface area contributed by atoms with Gasteiger partial charge in [-0.15, -0.1) is 0 Å². The highest BCUT2D eigenvalue weighted by Gasteiger charge is 2.48. The lowest BCUT2D eigenvalue weighted by Crippen LogP contribution is -2.28. The van der Waals surface area contributed by atoms with Crippen molar-refractivity contribution in [3.05, 3.63) is 28.9 Å². The summed E-state index contributed by atoms with van der Waals surface area (Å²) < 4.78 is 62.5. The Morgan fingerprint density at radius 3 is 2.55 bits per heavy atom. The minimum absolute atomic E-state index is 0.117. The first-order chi connectivity index (χ1) is 9.15. The van der Waals surface area contributed by atoms with Crippen molar-refractivity contribution < 1.29 is 25.8 Å². The monoisotopic (exact) mass is 324 g/mol. The highest BCUT2D eigenvalue weighted by molar-refractivity contribution is 7.88. The molecular weight excluding hydrogens is 321 g/mol. The summed E-state index contributed by atoms with van der Waals surface area (Å²) in [6.45, 7) is 0. The van der Waals surface area contributed by atoms with E-state index < -0.39 is 21.4 Å². The van der Waals surface area contributed by atoms with E-state index in [1.807, 2.05) is 0 Å². The molecule has 0 amide bonds. The van der Waals surface area contributed by atoms with Crippen molar-refractivity contribution >= 4 is 32.6 Å². The van der Waals surface area contributed by atoms with Crippen LogP contribution in [-0.4, -0.2) is 18.9 Å². The van der Waals surface area contributed by atoms with Crippen molar-refractivity contribution in [2.45, 2.75) is 5.51 Å². The predicted molar refractivity (Wildman–Crippen MR) is 63.6 cm³/mol. The lowest BCUT2D eigenvalue weighted by Gasteiger charge is -2.10. The van der Waals surface area contributed by atoms with E-state index in [1.165, 1.54) is 12.3 Å². The molecule has 0 saturated heterocycles. The SMILES string of the molecule is N#Cc1c[nH]c2cc(Cl)c(OS(=O)(=O)C(F)(F)F)cc12. The van der Waals surface area contributed by atoms with E-state index in [0.29, 0.717) is 5.52 Å². The summed E-state index contributed by atoms with van der Waals surface area (Å²) in [6.07, 6.45) is 1.31. The Morgan fingerprint density at radius 2 is 2.00 bits per heavy atom. The van der Waals surface area contributed by atoms with E-state index in [0.717, 1.165) is 6.07 Å². The molecular formula is C10H4ClF3N2O3S. The van der Waals surface area contributed by atoms with Crippen molar-refractivity contribution in [3.63, 3.8) is 0 Å². The van der Waals surface area contributed by atoms with Crippen molar-refractivity contribution in [2.24, 2.45) is 0 Å². The van der Waals surface area contributed by atoms with Crippen LogP contribution >= 0.6 is 11.6 Å². The summed E-state index contributed by atoms with van der Waals surface area (Å²) in [6, 6.07) is 3.91. The molecule has 106 valence electrons. The number of nitrogens with one attached hydrogen (secondary N) is 1. The number of halogens is 4. The molecule has 2 aromatic rings. The van der Waals surface area contributed by atoms with Gasteiger partial charge >= 0.3 is 15.6 Å². The quantitative estimate of drug-likeness (QED) is 0.680. The molecule has 0 saturated carbocycles. The maximum absolute atomic E-state index is 12.2. The van der Waals surface area contributed by atoms with Crippen LogP contribution in [0.25, 0.3) is 10.9 Å². The Balaban J connectivity index is 2.56. The second kappa shape index (κ2) is 4.57. The Kier molecular flexibility index (Phi) is 3.31. The van der Waals surface area contributed by atoms with Crippen LogP contribution in [0.2, 0.25) is 5.02 Å². The third-order valence-corrected chi connectivity index (χ3v) is 3.60. The molecule has 1 aromatic carbocycles. The average molecular weight is 325 g/mol. The van der Waals surface area contributed by atoms with Gasteiger partial charge in [-0.3, -0.25) is 0 Å². The molecule has 0 unspecified atom stereocenters. The number of aromatic amines is 1. The van der Waals surface area contributed by atoms with Crippen LogP contribution in [0, 0.1) is 11.3 Å². The van der Waals surface area contributed by atoms with Crippen molar-refractivity contribution in [1.82, 2.24) is 4.98 Å². The molecule has 5 nitrogen and oxygen atoms in total. The molecule has 1 heterocycles. The first-order valence-electron chi connectivity index (χ1n) is 4.87. The molecule has 0 bridgehead atoms. The number of benzene rings is 1. The molecule has 0 aliphatic carbocycles. The normalized spacial score (nSPS) is 12.3. The third-order valence-electron chi connectivity index (χ3n) is 2.34. The van der Waals surface area contributed by atoms with Gasteiger partial charge in [0.15, 0.2) is 5.75 Å². The van der Waals surface area contributed by atoms with Crippen LogP contribution in [-0.2, 0) is 10.1 Å². The predicted octanol–water partition coefficient (Wildman–Crippen LogP) is 2.92. The van der Waals surface area contributed by atoms with E-state index in [4.69, 9.17) is 16.9 Å². The molecule has 0 aliphatic heterocycles. The van der Waals surface area contributed by atoms with Gasteiger partial charge in [-0.1, -0.05) is 11.6 Å².